The van der Waals surface area contributed by atoms with Gasteiger partial charge in [-0.05, 0) is 41.5 Å². The highest BCUT2D eigenvalue weighted by Gasteiger charge is 2.35. The van der Waals surface area contributed by atoms with Crippen LogP contribution in [0.2, 0.25) is 0 Å². The Kier molecular flexibility index (Phi) is 4.29. The van der Waals surface area contributed by atoms with E-state index in [0.29, 0.717) is 16.0 Å². The van der Waals surface area contributed by atoms with E-state index in [1.807, 2.05) is 0 Å². The lowest BCUT2D eigenvalue weighted by molar-refractivity contribution is 0.468. The summed E-state index contributed by atoms with van der Waals surface area (Å²) in [5.74, 6) is -0.338. The number of hydrogen-bond acceptors (Lipinski definition) is 5. The molecule has 0 saturated heterocycles. The van der Waals surface area contributed by atoms with E-state index in [0.717, 1.165) is 22.8 Å². The van der Waals surface area contributed by atoms with Crippen molar-refractivity contribution in [2.24, 2.45) is 0 Å². The zero-order valence-corrected chi connectivity index (χ0v) is 15.9. The van der Waals surface area contributed by atoms with Crippen LogP contribution < -0.4 is 9.44 Å². The molecule has 5 N–H and O–H groups in total. The third kappa shape index (κ3) is 3.47. The monoisotopic (exact) mass is 411 g/mol. The van der Waals surface area contributed by atoms with Gasteiger partial charge < -0.3 is 4.98 Å². The van der Waals surface area contributed by atoms with E-state index in [1.54, 1.807) is 30.5 Å². The van der Waals surface area contributed by atoms with Crippen LogP contribution in [-0.2, 0) is 10.0 Å². The summed E-state index contributed by atoms with van der Waals surface area (Å²) in [5.41, 5.74) is 2.91. The molecule has 27 heavy (non-hydrogen) atoms. The van der Waals surface area contributed by atoms with Crippen molar-refractivity contribution in [3.8, 4) is 11.1 Å². The molecule has 1 aromatic heterocycles. The fraction of sp³-hybridized carbons (Fsp3) is 0.176. The van der Waals surface area contributed by atoms with Crippen LogP contribution in [0.25, 0.3) is 22.0 Å². The van der Waals surface area contributed by atoms with Crippen LogP contribution in [0.15, 0.2) is 47.5 Å². The van der Waals surface area contributed by atoms with Gasteiger partial charge in [0.05, 0.1) is 17.2 Å². The number of fused-ring (bicyclic) bond motifs is 2. The smallest absolute Gasteiger partial charge is 0.208 e. The molecule has 0 aliphatic carbocycles. The minimum absolute atomic E-state index is 0.00967. The zero-order chi connectivity index (χ0) is 19.4. The lowest BCUT2D eigenvalue weighted by Crippen LogP contribution is -2.32. The topological polar surface area (TPSA) is 114 Å². The van der Waals surface area contributed by atoms with Crippen LogP contribution in [0.1, 0.15) is 11.6 Å². The summed E-state index contributed by atoms with van der Waals surface area (Å²) in [4.78, 5) is 3.37. The molecular weight excluding hydrogens is 393 g/mol. The largest absolute Gasteiger partial charge is 0.360 e. The van der Waals surface area contributed by atoms with Crippen LogP contribution >= 0.6 is 10.8 Å². The van der Waals surface area contributed by atoms with Crippen LogP contribution in [0.5, 0.6) is 0 Å². The van der Waals surface area contributed by atoms with Gasteiger partial charge in [0.25, 0.3) is 0 Å². The molecule has 3 aromatic rings. The molecule has 4 rings (SSSR count). The van der Waals surface area contributed by atoms with Crippen LogP contribution in [0.4, 0.5) is 4.39 Å². The van der Waals surface area contributed by atoms with Crippen molar-refractivity contribution in [3.05, 3.63) is 54.0 Å². The van der Waals surface area contributed by atoms with Crippen molar-refractivity contribution in [3.63, 3.8) is 0 Å². The Morgan fingerprint density at radius 1 is 1.22 bits per heavy atom. The number of H-pyrrole nitrogens is 1. The van der Waals surface area contributed by atoms with Gasteiger partial charge >= 0.3 is 0 Å². The highest BCUT2D eigenvalue weighted by molar-refractivity contribution is 8.23. The maximum absolute atomic E-state index is 13.4. The first kappa shape index (κ1) is 18.4. The van der Waals surface area contributed by atoms with Crippen molar-refractivity contribution in [1.29, 1.82) is 0 Å². The summed E-state index contributed by atoms with van der Waals surface area (Å²) in [5, 5.41) is 0.833. The maximum Gasteiger partial charge on any atom is 0.208 e. The Labute approximate surface area is 157 Å². The molecule has 0 bridgehead atoms. The minimum Gasteiger partial charge on any atom is -0.360 e. The second kappa shape index (κ2) is 6.30. The normalized spacial score (nSPS) is 19.9. The third-order valence-electron chi connectivity index (χ3n) is 4.50. The first-order valence-corrected chi connectivity index (χ1v) is 11.5. The summed E-state index contributed by atoms with van der Waals surface area (Å²) in [6.45, 7) is -0.00967. The van der Waals surface area contributed by atoms with E-state index < -0.39 is 26.8 Å². The van der Waals surface area contributed by atoms with Gasteiger partial charge in [0.2, 0.25) is 10.0 Å². The number of aromatic nitrogens is 1. The Bertz CT molecular complexity index is 1140. The predicted molar refractivity (Wildman–Crippen MR) is 104 cm³/mol. The predicted octanol–water partition coefficient (Wildman–Crippen LogP) is 3.19. The van der Waals surface area contributed by atoms with E-state index in [9.17, 15) is 21.9 Å². The van der Waals surface area contributed by atoms with E-state index >= 15 is 0 Å². The zero-order valence-electron chi connectivity index (χ0n) is 14.2. The van der Waals surface area contributed by atoms with Crippen molar-refractivity contribution in [2.45, 2.75) is 10.9 Å². The van der Waals surface area contributed by atoms with Gasteiger partial charge in [-0.2, -0.15) is 0 Å². The number of benzene rings is 2. The average Bonchev–Trinajstić information content (AvgIpc) is 3.10. The number of nitrogens with one attached hydrogen (secondary N) is 3. The van der Waals surface area contributed by atoms with Crippen molar-refractivity contribution in [1.82, 2.24) is 14.4 Å². The number of aromatic amines is 1. The SMILES string of the molecule is CS(=O)(=O)NCC1NS(O)(O)c2ccc(-c3c[nH]c4cc(F)ccc34)cc21. The molecule has 0 radical (unpaired) electrons. The molecule has 144 valence electrons. The molecular formula is C17H18FN3O4S2. The molecule has 1 unspecified atom stereocenters. The van der Waals surface area contributed by atoms with Crippen LogP contribution in [-0.4, -0.2) is 35.3 Å². The molecule has 1 atom stereocenters. The Balaban J connectivity index is 1.77. The second-order valence-corrected chi connectivity index (χ2v) is 10.1. The van der Waals surface area contributed by atoms with Crippen LogP contribution in [0, 0.1) is 5.82 Å². The van der Waals surface area contributed by atoms with E-state index in [-0.39, 0.29) is 12.4 Å². The van der Waals surface area contributed by atoms with Crippen molar-refractivity contribution >= 4 is 31.7 Å². The number of sulfonamides is 1. The number of rotatable bonds is 4. The first-order valence-electron chi connectivity index (χ1n) is 8.05. The second-order valence-electron chi connectivity index (χ2n) is 6.48. The molecule has 0 fully saturated rings. The van der Waals surface area contributed by atoms with E-state index in [1.165, 1.54) is 12.1 Å². The standard InChI is InChI=1S/C17H18FN3O4S2/c1-26(22,23)20-9-16-13-6-10(2-5-17(13)27(24,25)21-16)14-8-19-15-7-11(18)3-4-12(14)15/h2-8,16,19-21,24-25H,9H2,1H3. The fourth-order valence-electron chi connectivity index (χ4n) is 3.30. The summed E-state index contributed by atoms with van der Waals surface area (Å²) in [6.07, 6.45) is 2.80. The van der Waals surface area contributed by atoms with Gasteiger partial charge in [-0.1, -0.05) is 6.07 Å². The lowest BCUT2D eigenvalue weighted by Gasteiger charge is -2.28. The molecule has 0 saturated carbocycles. The van der Waals surface area contributed by atoms with Gasteiger partial charge in [0.1, 0.15) is 5.82 Å². The highest BCUT2D eigenvalue weighted by Crippen LogP contribution is 2.55. The van der Waals surface area contributed by atoms with Crippen LogP contribution in [0.3, 0.4) is 0 Å². The van der Waals surface area contributed by atoms with Crippen molar-refractivity contribution < 1.29 is 21.9 Å². The molecule has 1 aliphatic heterocycles. The van der Waals surface area contributed by atoms with E-state index in [4.69, 9.17) is 0 Å². The minimum atomic E-state index is -3.42. The summed E-state index contributed by atoms with van der Waals surface area (Å²) >= 11 is 0. The molecule has 10 heteroatoms. The molecule has 0 spiro atoms. The molecule has 2 heterocycles. The van der Waals surface area contributed by atoms with Gasteiger partial charge in [0, 0.05) is 29.2 Å². The maximum atomic E-state index is 13.4. The molecule has 1 aliphatic rings. The Morgan fingerprint density at radius 2 is 2.00 bits per heavy atom. The average molecular weight is 411 g/mol. The molecule has 2 aromatic carbocycles. The number of hydrogen-bond donors (Lipinski definition) is 5. The lowest BCUT2D eigenvalue weighted by atomic mass is 9.99. The summed E-state index contributed by atoms with van der Waals surface area (Å²) in [7, 11) is -6.62. The Morgan fingerprint density at radius 3 is 2.74 bits per heavy atom. The first-order chi connectivity index (χ1) is 12.6. The van der Waals surface area contributed by atoms with Gasteiger partial charge in [0.15, 0.2) is 0 Å². The quantitative estimate of drug-likeness (QED) is 0.452. The summed E-state index contributed by atoms with van der Waals surface area (Å²) in [6, 6.07) is 9.06. The molecule has 0 amide bonds. The highest BCUT2D eigenvalue weighted by atomic mass is 32.3. The van der Waals surface area contributed by atoms with Gasteiger partial charge in [-0.25, -0.2) is 22.3 Å². The van der Waals surface area contributed by atoms with Gasteiger partial charge in [-0.15, -0.1) is 10.8 Å². The third-order valence-corrected chi connectivity index (χ3v) is 6.79. The van der Waals surface area contributed by atoms with E-state index in [2.05, 4.69) is 14.4 Å². The Hall–Kier alpha value is -1.95. The molecule has 7 nitrogen and oxygen atoms in total. The van der Waals surface area contributed by atoms with Crippen molar-refractivity contribution in [2.75, 3.05) is 12.8 Å². The number of halogens is 1. The summed E-state index contributed by atoms with van der Waals surface area (Å²) < 4.78 is 61.8. The fourth-order valence-corrected chi connectivity index (χ4v) is 5.29. The van der Waals surface area contributed by atoms with Gasteiger partial charge in [-0.3, -0.25) is 9.11 Å².